The van der Waals surface area contributed by atoms with Crippen molar-refractivity contribution >= 4 is 0 Å². The van der Waals surface area contributed by atoms with Crippen LogP contribution < -0.4 is 5.32 Å². The molecule has 2 heteroatoms. The fourth-order valence-corrected chi connectivity index (χ4v) is 1.77. The molecule has 0 aromatic carbocycles. The Morgan fingerprint density at radius 1 is 1.31 bits per heavy atom. The average molecular weight is 227 g/mol. The molecule has 1 N–H and O–H groups in total. The number of unbranched alkanes of at least 4 members (excludes halogenated alkanes) is 3. The summed E-state index contributed by atoms with van der Waals surface area (Å²) in [6, 6.07) is 0. The van der Waals surface area contributed by atoms with Crippen LogP contribution in [0.1, 0.15) is 46.0 Å². The first kappa shape index (κ1) is 15.7. The van der Waals surface area contributed by atoms with Crippen molar-refractivity contribution < 1.29 is 4.74 Å². The minimum atomic E-state index is 0.238. The lowest BCUT2D eigenvalue weighted by atomic mass is 9.84. The molecular weight excluding hydrogens is 198 g/mol. The second-order valence-electron chi connectivity index (χ2n) is 4.84. The van der Waals surface area contributed by atoms with E-state index >= 15 is 0 Å². The lowest BCUT2D eigenvalue weighted by Crippen LogP contribution is -2.32. The van der Waals surface area contributed by atoms with Crippen LogP contribution in [0.4, 0.5) is 0 Å². The molecule has 0 amide bonds. The van der Waals surface area contributed by atoms with Crippen LogP contribution in [0.3, 0.4) is 0 Å². The molecule has 0 bridgehead atoms. The summed E-state index contributed by atoms with van der Waals surface area (Å²) in [5.74, 6) is 0. The van der Waals surface area contributed by atoms with Crippen LogP contribution in [-0.2, 0) is 4.74 Å². The highest BCUT2D eigenvalue weighted by Gasteiger charge is 2.18. The van der Waals surface area contributed by atoms with Crippen LogP contribution in [0.5, 0.6) is 0 Å². The summed E-state index contributed by atoms with van der Waals surface area (Å²) < 4.78 is 5.01. The van der Waals surface area contributed by atoms with Gasteiger partial charge in [-0.1, -0.05) is 45.6 Å². The normalized spacial score (nSPS) is 14.7. The molecule has 1 unspecified atom stereocenters. The summed E-state index contributed by atoms with van der Waals surface area (Å²) >= 11 is 0. The molecule has 2 nitrogen and oxygen atoms in total. The minimum absolute atomic E-state index is 0.238. The van der Waals surface area contributed by atoms with Gasteiger partial charge in [0.25, 0.3) is 0 Å². The van der Waals surface area contributed by atoms with Crippen molar-refractivity contribution in [1.82, 2.24) is 5.32 Å². The maximum atomic E-state index is 5.01. The van der Waals surface area contributed by atoms with E-state index in [0.717, 1.165) is 19.7 Å². The van der Waals surface area contributed by atoms with Crippen molar-refractivity contribution in [3.63, 3.8) is 0 Å². The summed E-state index contributed by atoms with van der Waals surface area (Å²) in [6.07, 6.45) is 8.64. The smallest absolute Gasteiger partial charge is 0.0587 e. The molecule has 0 rings (SSSR count). The Labute approximate surface area is 101 Å². The fourth-order valence-electron chi connectivity index (χ4n) is 1.77. The van der Waals surface area contributed by atoms with Gasteiger partial charge in [0.15, 0.2) is 0 Å². The zero-order valence-corrected chi connectivity index (χ0v) is 11.3. The van der Waals surface area contributed by atoms with Gasteiger partial charge in [0, 0.05) is 20.2 Å². The van der Waals surface area contributed by atoms with Gasteiger partial charge in [0.05, 0.1) is 6.61 Å². The first-order chi connectivity index (χ1) is 7.68. The van der Waals surface area contributed by atoms with Gasteiger partial charge in [-0.15, -0.1) is 6.58 Å². The van der Waals surface area contributed by atoms with Gasteiger partial charge < -0.3 is 10.1 Å². The van der Waals surface area contributed by atoms with E-state index in [1.807, 2.05) is 0 Å². The molecule has 96 valence electrons. The zero-order valence-electron chi connectivity index (χ0n) is 11.3. The van der Waals surface area contributed by atoms with Crippen molar-refractivity contribution in [2.75, 3.05) is 26.8 Å². The SMILES string of the molecule is C=CC(C)(CCCCCC)CNCCOC. The third-order valence-corrected chi connectivity index (χ3v) is 3.11. The molecule has 0 spiro atoms. The Morgan fingerprint density at radius 2 is 2.06 bits per heavy atom. The summed E-state index contributed by atoms with van der Waals surface area (Å²) in [7, 11) is 1.74. The van der Waals surface area contributed by atoms with Crippen LogP contribution in [-0.4, -0.2) is 26.8 Å². The van der Waals surface area contributed by atoms with E-state index in [1.54, 1.807) is 7.11 Å². The maximum absolute atomic E-state index is 5.01. The number of ether oxygens (including phenoxy) is 1. The van der Waals surface area contributed by atoms with Crippen LogP contribution in [0.2, 0.25) is 0 Å². The molecular formula is C14H29NO. The van der Waals surface area contributed by atoms with Gasteiger partial charge in [0.1, 0.15) is 0 Å². The average Bonchev–Trinajstić information content (AvgIpc) is 2.31. The predicted octanol–water partition coefficient (Wildman–Crippen LogP) is 3.39. The van der Waals surface area contributed by atoms with Gasteiger partial charge in [-0.2, -0.15) is 0 Å². The largest absolute Gasteiger partial charge is 0.383 e. The summed E-state index contributed by atoms with van der Waals surface area (Å²) in [4.78, 5) is 0. The molecule has 16 heavy (non-hydrogen) atoms. The highest BCUT2D eigenvalue weighted by atomic mass is 16.5. The second-order valence-corrected chi connectivity index (χ2v) is 4.84. The maximum Gasteiger partial charge on any atom is 0.0587 e. The molecule has 0 fully saturated rings. The molecule has 0 saturated heterocycles. The molecule has 0 aromatic rings. The van der Waals surface area contributed by atoms with Crippen molar-refractivity contribution in [1.29, 1.82) is 0 Å². The molecule has 0 aromatic heterocycles. The number of nitrogens with one attached hydrogen (secondary N) is 1. The Hall–Kier alpha value is -0.340. The molecule has 0 saturated carbocycles. The molecule has 1 atom stereocenters. The summed E-state index contributed by atoms with van der Waals surface area (Å²) in [6.45, 7) is 11.2. The van der Waals surface area contributed by atoms with Crippen molar-refractivity contribution in [3.8, 4) is 0 Å². The lowest BCUT2D eigenvalue weighted by molar-refractivity contribution is 0.195. The molecule has 0 aliphatic rings. The first-order valence-corrected chi connectivity index (χ1v) is 6.52. The van der Waals surface area contributed by atoms with E-state index < -0.39 is 0 Å². The Kier molecular flexibility index (Phi) is 9.65. The Balaban J connectivity index is 3.68. The lowest BCUT2D eigenvalue weighted by Gasteiger charge is -2.26. The number of methoxy groups -OCH3 is 1. The fraction of sp³-hybridized carbons (Fsp3) is 0.857. The molecule has 0 radical (unpaired) electrons. The third kappa shape index (κ3) is 7.89. The number of hydrogen-bond donors (Lipinski definition) is 1. The van der Waals surface area contributed by atoms with E-state index in [1.165, 1.54) is 32.1 Å². The number of rotatable bonds is 11. The van der Waals surface area contributed by atoms with Crippen LogP contribution in [0, 0.1) is 5.41 Å². The standard InChI is InChI=1S/C14H29NO/c1-5-7-8-9-10-14(3,6-2)13-15-11-12-16-4/h6,15H,2,5,7-13H2,1,3-4H3. The molecule has 0 heterocycles. The van der Waals surface area contributed by atoms with Crippen LogP contribution >= 0.6 is 0 Å². The Bertz CT molecular complexity index is 156. The van der Waals surface area contributed by atoms with Gasteiger partial charge in [-0.3, -0.25) is 0 Å². The molecule has 0 aliphatic heterocycles. The van der Waals surface area contributed by atoms with E-state index in [9.17, 15) is 0 Å². The van der Waals surface area contributed by atoms with Crippen molar-refractivity contribution in [2.45, 2.75) is 46.0 Å². The quantitative estimate of drug-likeness (QED) is 0.431. The third-order valence-electron chi connectivity index (χ3n) is 3.11. The van der Waals surface area contributed by atoms with Crippen LogP contribution in [0.25, 0.3) is 0 Å². The monoisotopic (exact) mass is 227 g/mol. The van der Waals surface area contributed by atoms with E-state index in [0.29, 0.717) is 0 Å². The Morgan fingerprint density at radius 3 is 2.62 bits per heavy atom. The zero-order chi connectivity index (χ0) is 12.3. The van der Waals surface area contributed by atoms with Gasteiger partial charge in [-0.05, 0) is 11.8 Å². The van der Waals surface area contributed by atoms with Gasteiger partial charge in [-0.25, -0.2) is 0 Å². The minimum Gasteiger partial charge on any atom is -0.383 e. The van der Waals surface area contributed by atoms with Crippen molar-refractivity contribution in [2.24, 2.45) is 5.41 Å². The molecule has 0 aliphatic carbocycles. The van der Waals surface area contributed by atoms with E-state index in [4.69, 9.17) is 4.74 Å². The summed E-state index contributed by atoms with van der Waals surface area (Å²) in [5.41, 5.74) is 0.238. The predicted molar refractivity (Wildman–Crippen MR) is 71.8 cm³/mol. The summed E-state index contributed by atoms with van der Waals surface area (Å²) in [5, 5.41) is 3.42. The topological polar surface area (TPSA) is 21.3 Å². The number of hydrogen-bond acceptors (Lipinski definition) is 2. The highest BCUT2D eigenvalue weighted by molar-refractivity contribution is 4.92. The van der Waals surface area contributed by atoms with E-state index in [-0.39, 0.29) is 5.41 Å². The first-order valence-electron chi connectivity index (χ1n) is 6.52. The van der Waals surface area contributed by atoms with Crippen LogP contribution in [0.15, 0.2) is 12.7 Å². The second kappa shape index (κ2) is 9.86. The van der Waals surface area contributed by atoms with Gasteiger partial charge in [0.2, 0.25) is 0 Å². The highest BCUT2D eigenvalue weighted by Crippen LogP contribution is 2.25. The van der Waals surface area contributed by atoms with Crippen molar-refractivity contribution in [3.05, 3.63) is 12.7 Å². The van der Waals surface area contributed by atoms with E-state index in [2.05, 4.69) is 31.8 Å². The van der Waals surface area contributed by atoms with Gasteiger partial charge >= 0.3 is 0 Å².